The van der Waals surface area contributed by atoms with Crippen molar-refractivity contribution in [3.8, 4) is 67.5 Å². The number of fused-ring (bicyclic) bond motifs is 20. The van der Waals surface area contributed by atoms with Crippen molar-refractivity contribution < 1.29 is 0 Å². The molecular weight excluding hydrogens is 1310 g/mol. The minimum atomic E-state index is 1.13. The summed E-state index contributed by atoms with van der Waals surface area (Å²) in [5.74, 6) is 0. The number of nitrogens with zero attached hydrogens (tertiary/aromatic N) is 8. The Hall–Kier alpha value is -14.6. The summed E-state index contributed by atoms with van der Waals surface area (Å²) in [4.78, 5) is 9.24. The van der Waals surface area contributed by atoms with Crippen molar-refractivity contribution in [3.63, 3.8) is 0 Å². The van der Waals surface area contributed by atoms with Gasteiger partial charge >= 0.3 is 0 Å². The number of para-hydroxylation sites is 10. The fourth-order valence-electron chi connectivity index (χ4n) is 17.8. The van der Waals surface area contributed by atoms with Gasteiger partial charge in [0.05, 0.1) is 66.2 Å². The lowest BCUT2D eigenvalue weighted by molar-refractivity contribution is 1.15. The molecule has 108 heavy (non-hydrogen) atoms. The standard InChI is InChI=1S/C53H34N4.C47H30N4/c1-5-17-35(18-6-1)48-49(36-29-30-46-42(33-36)43-34-54-32-31-47(43)55(46)37-19-7-2-8-20-37)51-41-26-14-16-28-45(41)57(39-23-11-4-12-24-39)53(51)52-50(48)40-25-13-15-27-44(40)56(52)38-21-9-3-10-22-38;1-4-14-32(15-5-1)49-43-25-24-31(28-38(43)40-30-48-27-26-44(40)49)37-29-39-35-20-10-12-22-41(35)50(33-16-6-2-7-17-33)46(39)47-45(37)36-21-11-13-23-42(36)51(47)34-18-8-3-9-19-34/h1-34H;1-30H. The number of pyridine rings is 2. The number of rotatable bonds is 9. The van der Waals surface area contributed by atoms with Crippen LogP contribution in [0.25, 0.3) is 198 Å². The molecule has 0 N–H and O–H groups in total. The van der Waals surface area contributed by atoms with Gasteiger partial charge in [0.1, 0.15) is 0 Å². The van der Waals surface area contributed by atoms with E-state index in [0.29, 0.717) is 0 Å². The second kappa shape index (κ2) is 24.5. The van der Waals surface area contributed by atoms with Crippen molar-refractivity contribution in [1.82, 2.24) is 37.4 Å². The monoisotopic (exact) mass is 1380 g/mol. The molecule has 0 aliphatic heterocycles. The van der Waals surface area contributed by atoms with Crippen molar-refractivity contribution in [2.24, 2.45) is 0 Å². The zero-order valence-electron chi connectivity index (χ0n) is 58.5. The van der Waals surface area contributed by atoms with Crippen molar-refractivity contribution >= 4 is 131 Å². The van der Waals surface area contributed by atoms with Crippen LogP contribution in [0.4, 0.5) is 0 Å². The summed E-state index contributed by atoms with van der Waals surface area (Å²) in [5, 5.41) is 14.4. The molecule has 0 amide bonds. The molecule has 0 spiro atoms. The first-order chi connectivity index (χ1) is 53.7. The molecule has 0 aliphatic rings. The van der Waals surface area contributed by atoms with E-state index in [9.17, 15) is 0 Å². The van der Waals surface area contributed by atoms with Gasteiger partial charge in [-0.25, -0.2) is 0 Å². The molecule has 0 fully saturated rings. The average Bonchev–Trinajstić information content (AvgIpc) is 1.52. The second-order valence-electron chi connectivity index (χ2n) is 28.0. The predicted molar refractivity (Wildman–Crippen MR) is 451 cm³/mol. The Labute approximate surface area is 620 Å². The fourth-order valence-corrected chi connectivity index (χ4v) is 17.8. The van der Waals surface area contributed by atoms with Crippen LogP contribution in [-0.4, -0.2) is 37.4 Å². The van der Waals surface area contributed by atoms with E-state index < -0.39 is 0 Å². The zero-order chi connectivity index (χ0) is 70.9. The molecule has 0 saturated heterocycles. The van der Waals surface area contributed by atoms with Crippen LogP contribution in [0.5, 0.6) is 0 Å². The van der Waals surface area contributed by atoms with E-state index in [4.69, 9.17) is 0 Å². The van der Waals surface area contributed by atoms with E-state index >= 15 is 0 Å². The van der Waals surface area contributed by atoms with E-state index in [-0.39, 0.29) is 0 Å². The van der Waals surface area contributed by atoms with Crippen molar-refractivity contribution in [1.29, 1.82) is 0 Å². The quantitative estimate of drug-likeness (QED) is 0.145. The molecule has 0 aliphatic carbocycles. The van der Waals surface area contributed by atoms with Gasteiger partial charge in [-0.05, 0) is 162 Å². The van der Waals surface area contributed by atoms with Crippen molar-refractivity contribution in [2.75, 3.05) is 0 Å². The molecule has 504 valence electrons. The van der Waals surface area contributed by atoms with Crippen LogP contribution < -0.4 is 0 Å². The van der Waals surface area contributed by atoms with E-state index in [1.807, 2.05) is 24.8 Å². The first kappa shape index (κ1) is 60.9. The molecule has 23 rings (SSSR count). The Balaban J connectivity index is 0.000000135. The average molecular weight is 1380 g/mol. The Bertz CT molecular complexity index is 7500. The number of benzene rings is 15. The van der Waals surface area contributed by atoms with Crippen LogP contribution in [0.2, 0.25) is 0 Å². The van der Waals surface area contributed by atoms with Gasteiger partial charge in [0, 0.05) is 135 Å². The molecule has 23 aromatic rings. The molecular formula is C100H64N8. The van der Waals surface area contributed by atoms with Crippen LogP contribution in [-0.2, 0) is 0 Å². The van der Waals surface area contributed by atoms with Crippen LogP contribution in [0.3, 0.4) is 0 Å². The van der Waals surface area contributed by atoms with Crippen LogP contribution in [0, 0.1) is 0 Å². The third-order valence-corrected chi connectivity index (χ3v) is 22.2. The van der Waals surface area contributed by atoms with Gasteiger partial charge in [0.15, 0.2) is 0 Å². The third-order valence-electron chi connectivity index (χ3n) is 22.2. The first-order valence-electron chi connectivity index (χ1n) is 36.9. The Morgan fingerprint density at radius 3 is 0.898 bits per heavy atom. The van der Waals surface area contributed by atoms with Crippen LogP contribution in [0.15, 0.2) is 389 Å². The summed E-state index contributed by atoms with van der Waals surface area (Å²) >= 11 is 0. The van der Waals surface area contributed by atoms with Crippen LogP contribution >= 0.6 is 0 Å². The highest BCUT2D eigenvalue weighted by atomic mass is 15.1. The van der Waals surface area contributed by atoms with Gasteiger partial charge < -0.3 is 27.4 Å². The summed E-state index contributed by atoms with van der Waals surface area (Å²) in [6, 6.07) is 132. The highest BCUT2D eigenvalue weighted by Gasteiger charge is 2.31. The summed E-state index contributed by atoms with van der Waals surface area (Å²) in [7, 11) is 0. The summed E-state index contributed by atoms with van der Waals surface area (Å²) in [5.41, 5.74) is 28.1. The van der Waals surface area contributed by atoms with Crippen molar-refractivity contribution in [2.45, 2.75) is 0 Å². The zero-order valence-corrected chi connectivity index (χ0v) is 58.5. The van der Waals surface area contributed by atoms with Gasteiger partial charge in [-0.15, -0.1) is 0 Å². The summed E-state index contributed by atoms with van der Waals surface area (Å²) in [6.07, 6.45) is 7.81. The third kappa shape index (κ3) is 9.17. The maximum absolute atomic E-state index is 4.65. The lowest BCUT2D eigenvalue weighted by atomic mass is 9.86. The van der Waals surface area contributed by atoms with E-state index in [2.05, 4.69) is 401 Å². The number of aromatic nitrogens is 8. The van der Waals surface area contributed by atoms with Gasteiger partial charge in [0.25, 0.3) is 0 Å². The topological polar surface area (TPSA) is 55.4 Å². The van der Waals surface area contributed by atoms with Gasteiger partial charge in [-0.2, -0.15) is 0 Å². The summed E-state index contributed by atoms with van der Waals surface area (Å²) < 4.78 is 14.6. The lowest BCUT2D eigenvalue weighted by Gasteiger charge is -2.19. The molecule has 0 atom stereocenters. The van der Waals surface area contributed by atoms with Gasteiger partial charge in [-0.1, -0.05) is 224 Å². The normalized spacial score (nSPS) is 11.9. The highest BCUT2D eigenvalue weighted by Crippen LogP contribution is 2.54. The predicted octanol–water partition coefficient (Wildman–Crippen LogP) is 25.7. The maximum Gasteiger partial charge on any atom is 0.0795 e. The maximum atomic E-state index is 4.65. The number of hydrogen-bond acceptors (Lipinski definition) is 2. The van der Waals surface area contributed by atoms with E-state index in [0.717, 1.165) is 72.5 Å². The molecule has 8 heteroatoms. The SMILES string of the molecule is c1ccc(-c2c(-c3ccc4c(c3)c3cnccc3n4-c3ccccc3)c3c4ccccc4n(-c4ccccc4)c3c3c2c2ccccc2n3-c2ccccc2)cc1.c1ccc(-n2c3ccncc3c3cc(-c4cc5c6ccccc6n(-c6ccccc6)c5c5c4c4ccccc4n5-c4ccccc4)ccc32)cc1. The van der Waals surface area contributed by atoms with Crippen LogP contribution in [0.1, 0.15) is 0 Å². The molecule has 8 nitrogen and oxygen atoms in total. The van der Waals surface area contributed by atoms with Gasteiger partial charge in [-0.3, -0.25) is 9.97 Å². The Morgan fingerprint density at radius 2 is 0.472 bits per heavy atom. The molecule has 8 heterocycles. The Morgan fingerprint density at radius 1 is 0.176 bits per heavy atom. The highest BCUT2D eigenvalue weighted by molar-refractivity contribution is 6.34. The molecule has 0 saturated carbocycles. The van der Waals surface area contributed by atoms with Crippen molar-refractivity contribution in [3.05, 3.63) is 389 Å². The van der Waals surface area contributed by atoms with Gasteiger partial charge in [0.2, 0.25) is 0 Å². The minimum Gasteiger partial charge on any atom is -0.309 e. The Kier molecular flexibility index (Phi) is 13.8. The van der Waals surface area contributed by atoms with E-state index in [1.54, 1.807) is 0 Å². The number of hydrogen-bond donors (Lipinski definition) is 0. The minimum absolute atomic E-state index is 1.13. The summed E-state index contributed by atoms with van der Waals surface area (Å²) in [6.45, 7) is 0. The lowest BCUT2D eigenvalue weighted by Crippen LogP contribution is -2.00. The molecule has 0 radical (unpaired) electrons. The second-order valence-corrected chi connectivity index (χ2v) is 28.0. The molecule has 0 bridgehead atoms. The molecule has 15 aromatic carbocycles. The first-order valence-corrected chi connectivity index (χ1v) is 36.9. The fraction of sp³-hybridized carbons (Fsp3) is 0. The largest absolute Gasteiger partial charge is 0.309 e. The molecule has 0 unspecified atom stereocenters. The molecule has 8 aromatic heterocycles. The smallest absolute Gasteiger partial charge is 0.0795 e. The van der Waals surface area contributed by atoms with E-state index in [1.165, 1.54) is 126 Å².